The summed E-state index contributed by atoms with van der Waals surface area (Å²) in [4.78, 5) is 23.4. The van der Waals surface area contributed by atoms with Crippen molar-refractivity contribution in [2.45, 2.75) is 51.2 Å². The summed E-state index contributed by atoms with van der Waals surface area (Å²) in [5.41, 5.74) is -4.20. The van der Waals surface area contributed by atoms with Gasteiger partial charge >= 0.3 is 12.1 Å². The summed E-state index contributed by atoms with van der Waals surface area (Å²) in [6.45, 7) is 3.39. The number of rotatable bonds is 5. The molecular formula is C13H21F3N2O3. The number of hydrogen-bond acceptors (Lipinski definition) is 3. The lowest BCUT2D eigenvalue weighted by Gasteiger charge is -2.39. The average molecular weight is 310 g/mol. The van der Waals surface area contributed by atoms with Crippen molar-refractivity contribution in [3.05, 3.63) is 0 Å². The van der Waals surface area contributed by atoms with Crippen LogP contribution in [0.15, 0.2) is 0 Å². The van der Waals surface area contributed by atoms with E-state index in [4.69, 9.17) is 5.11 Å². The number of nitrogens with one attached hydrogen (secondary N) is 2. The van der Waals surface area contributed by atoms with Gasteiger partial charge in [0, 0.05) is 0 Å². The van der Waals surface area contributed by atoms with Crippen LogP contribution in [0.1, 0.15) is 39.5 Å². The van der Waals surface area contributed by atoms with Crippen molar-refractivity contribution in [1.82, 2.24) is 10.6 Å². The molecule has 0 aliphatic carbocycles. The molecule has 8 heteroatoms. The van der Waals surface area contributed by atoms with Crippen molar-refractivity contribution in [2.75, 3.05) is 13.1 Å². The minimum atomic E-state index is -5.06. The summed E-state index contributed by atoms with van der Waals surface area (Å²) in [7, 11) is 0. The number of hydrogen-bond donors (Lipinski definition) is 3. The second kappa shape index (κ2) is 6.21. The van der Waals surface area contributed by atoms with E-state index in [2.05, 4.69) is 5.32 Å². The van der Waals surface area contributed by atoms with Crippen LogP contribution in [-0.4, -0.2) is 41.8 Å². The molecule has 0 saturated carbocycles. The first-order valence-corrected chi connectivity index (χ1v) is 6.92. The first-order chi connectivity index (χ1) is 9.59. The second-order valence-corrected chi connectivity index (χ2v) is 5.66. The highest BCUT2D eigenvalue weighted by molar-refractivity contribution is 5.90. The number of carboxylic acid groups (broad SMARTS) is 1. The van der Waals surface area contributed by atoms with Crippen LogP contribution in [0.3, 0.4) is 0 Å². The zero-order valence-electron chi connectivity index (χ0n) is 12.1. The Morgan fingerprint density at radius 2 is 1.81 bits per heavy atom. The number of carboxylic acids is 1. The number of piperidine rings is 1. The number of aliphatic carboxylic acids is 1. The molecule has 0 aromatic rings. The molecule has 1 atom stereocenters. The number of halogens is 3. The maximum absolute atomic E-state index is 13.0. The van der Waals surface area contributed by atoms with Crippen LogP contribution in [-0.2, 0) is 9.59 Å². The normalized spacial score (nSPS) is 21.4. The topological polar surface area (TPSA) is 78.4 Å². The summed E-state index contributed by atoms with van der Waals surface area (Å²) in [5, 5.41) is 13.7. The van der Waals surface area contributed by atoms with Gasteiger partial charge in [0.25, 0.3) is 0 Å². The monoisotopic (exact) mass is 310 g/mol. The predicted molar refractivity (Wildman–Crippen MR) is 69.7 cm³/mol. The molecule has 0 spiro atoms. The molecule has 1 aliphatic heterocycles. The molecule has 0 aromatic heterocycles. The van der Waals surface area contributed by atoms with E-state index >= 15 is 0 Å². The van der Waals surface area contributed by atoms with Gasteiger partial charge in [0.05, 0.1) is 5.41 Å². The molecule has 1 fully saturated rings. The fraction of sp³-hybridized carbons (Fsp3) is 0.846. The molecule has 122 valence electrons. The van der Waals surface area contributed by atoms with Crippen LogP contribution in [0.2, 0.25) is 0 Å². The molecule has 0 radical (unpaired) electrons. The molecule has 1 saturated heterocycles. The van der Waals surface area contributed by atoms with Gasteiger partial charge in [-0.1, -0.05) is 13.3 Å². The van der Waals surface area contributed by atoms with Gasteiger partial charge in [-0.25, -0.2) is 4.79 Å². The van der Waals surface area contributed by atoms with Gasteiger partial charge in [-0.2, -0.15) is 13.2 Å². The highest BCUT2D eigenvalue weighted by atomic mass is 19.4. The van der Waals surface area contributed by atoms with Crippen LogP contribution in [0.4, 0.5) is 13.2 Å². The van der Waals surface area contributed by atoms with E-state index in [1.165, 1.54) is 0 Å². The van der Waals surface area contributed by atoms with Gasteiger partial charge in [-0.15, -0.1) is 0 Å². The maximum atomic E-state index is 13.0. The lowest BCUT2D eigenvalue weighted by atomic mass is 9.74. The van der Waals surface area contributed by atoms with E-state index in [-0.39, 0.29) is 0 Å². The molecule has 1 unspecified atom stereocenters. The number of alkyl halides is 3. The van der Waals surface area contributed by atoms with Crippen molar-refractivity contribution >= 4 is 11.9 Å². The van der Waals surface area contributed by atoms with Gasteiger partial charge in [0.2, 0.25) is 11.4 Å². The summed E-state index contributed by atoms with van der Waals surface area (Å²) in [6.07, 6.45) is -3.17. The van der Waals surface area contributed by atoms with Gasteiger partial charge in [0.1, 0.15) is 0 Å². The van der Waals surface area contributed by atoms with E-state index in [0.29, 0.717) is 45.7 Å². The highest BCUT2D eigenvalue weighted by Crippen LogP contribution is 2.37. The van der Waals surface area contributed by atoms with Crippen molar-refractivity contribution < 1.29 is 27.9 Å². The Morgan fingerprint density at radius 3 is 2.19 bits per heavy atom. The first-order valence-electron chi connectivity index (χ1n) is 6.92. The van der Waals surface area contributed by atoms with E-state index in [0.717, 1.165) is 0 Å². The number of amides is 1. The zero-order chi connectivity index (χ0) is 16.3. The van der Waals surface area contributed by atoms with Crippen LogP contribution < -0.4 is 10.6 Å². The number of carbonyl (C=O) groups is 2. The predicted octanol–water partition coefficient (Wildman–Crippen LogP) is 1.68. The Kier molecular flexibility index (Phi) is 5.25. The Morgan fingerprint density at radius 1 is 1.29 bits per heavy atom. The summed E-state index contributed by atoms with van der Waals surface area (Å²) in [5.74, 6) is -2.93. The SMILES string of the molecule is CCCC1(C(=O)NC(C)(C(=O)O)C(F)(F)F)CCNCC1. The average Bonchev–Trinajstić information content (AvgIpc) is 2.38. The number of carbonyl (C=O) groups excluding carboxylic acids is 1. The fourth-order valence-corrected chi connectivity index (χ4v) is 2.58. The lowest BCUT2D eigenvalue weighted by molar-refractivity contribution is -0.208. The van der Waals surface area contributed by atoms with E-state index in [1.807, 2.05) is 6.92 Å². The van der Waals surface area contributed by atoms with Crippen molar-refractivity contribution in [3.63, 3.8) is 0 Å². The quantitative estimate of drug-likeness (QED) is 0.722. The largest absolute Gasteiger partial charge is 0.479 e. The third kappa shape index (κ3) is 3.48. The van der Waals surface area contributed by atoms with Crippen molar-refractivity contribution in [1.29, 1.82) is 0 Å². The second-order valence-electron chi connectivity index (χ2n) is 5.66. The Labute approximate surface area is 121 Å². The third-order valence-electron chi connectivity index (χ3n) is 4.13. The van der Waals surface area contributed by atoms with Crippen LogP contribution >= 0.6 is 0 Å². The van der Waals surface area contributed by atoms with Crippen LogP contribution in [0.5, 0.6) is 0 Å². The molecule has 3 N–H and O–H groups in total. The van der Waals surface area contributed by atoms with Gasteiger partial charge in [-0.3, -0.25) is 4.79 Å². The molecule has 0 aromatic carbocycles. The highest BCUT2D eigenvalue weighted by Gasteiger charge is 2.59. The molecule has 1 rings (SSSR count). The van der Waals surface area contributed by atoms with Crippen molar-refractivity contribution in [3.8, 4) is 0 Å². The summed E-state index contributed by atoms with van der Waals surface area (Å²) < 4.78 is 39.0. The zero-order valence-corrected chi connectivity index (χ0v) is 12.1. The van der Waals surface area contributed by atoms with Gasteiger partial charge < -0.3 is 15.7 Å². The minimum Gasteiger partial charge on any atom is -0.479 e. The summed E-state index contributed by atoms with van der Waals surface area (Å²) in [6, 6.07) is 0. The molecule has 1 heterocycles. The van der Waals surface area contributed by atoms with Gasteiger partial charge in [-0.05, 0) is 39.3 Å². The van der Waals surface area contributed by atoms with E-state index < -0.39 is 29.0 Å². The van der Waals surface area contributed by atoms with Crippen LogP contribution in [0, 0.1) is 5.41 Å². The summed E-state index contributed by atoms with van der Waals surface area (Å²) >= 11 is 0. The molecular weight excluding hydrogens is 289 g/mol. The Hall–Kier alpha value is -1.31. The van der Waals surface area contributed by atoms with Crippen LogP contribution in [0.25, 0.3) is 0 Å². The van der Waals surface area contributed by atoms with E-state index in [9.17, 15) is 22.8 Å². The molecule has 1 amide bonds. The third-order valence-corrected chi connectivity index (χ3v) is 4.13. The Bertz CT molecular complexity index is 400. The van der Waals surface area contributed by atoms with E-state index in [1.54, 1.807) is 5.32 Å². The maximum Gasteiger partial charge on any atom is 0.422 e. The molecule has 5 nitrogen and oxygen atoms in total. The standard InChI is InChI=1S/C13H21F3N2O3/c1-3-4-12(5-7-17-8-6-12)9(19)18-11(2,10(20)21)13(14,15)16/h17H,3-8H2,1-2H3,(H,18,19)(H,20,21). The molecule has 1 aliphatic rings. The van der Waals surface area contributed by atoms with Crippen molar-refractivity contribution in [2.24, 2.45) is 5.41 Å². The molecule has 21 heavy (non-hydrogen) atoms. The fourth-order valence-electron chi connectivity index (χ4n) is 2.58. The lowest BCUT2D eigenvalue weighted by Crippen LogP contribution is -2.65. The Balaban J connectivity index is 3.02. The molecule has 0 bridgehead atoms. The van der Waals surface area contributed by atoms with Gasteiger partial charge in [0.15, 0.2) is 0 Å². The smallest absolute Gasteiger partial charge is 0.422 e. The minimum absolute atomic E-state index is 0.403. The first kappa shape index (κ1) is 17.7.